The molecule has 3 heteroatoms. The molecule has 0 aliphatic heterocycles. The van der Waals surface area contributed by atoms with E-state index in [4.69, 9.17) is 0 Å². The van der Waals surface area contributed by atoms with Crippen molar-refractivity contribution in [2.45, 2.75) is 27.2 Å². The van der Waals surface area contributed by atoms with Crippen LogP contribution in [0.15, 0.2) is 42.5 Å². The Morgan fingerprint density at radius 1 is 1.05 bits per heavy atom. The highest BCUT2D eigenvalue weighted by molar-refractivity contribution is 5.94. The van der Waals surface area contributed by atoms with Crippen LogP contribution in [0.3, 0.4) is 0 Å². The molecule has 2 N–H and O–H groups in total. The molecule has 2 aromatic carbocycles. The van der Waals surface area contributed by atoms with Gasteiger partial charge in [-0.3, -0.25) is 4.79 Å². The number of nitrogens with one attached hydrogen (secondary N) is 2. The maximum absolute atomic E-state index is 12.1. The SMILES string of the molecule is CCc1ccccc1NC(=O)CNc1cc(C)cc(C)c1. The number of benzene rings is 2. The smallest absolute Gasteiger partial charge is 0.243 e. The molecule has 0 bridgehead atoms. The molecule has 3 nitrogen and oxygen atoms in total. The Labute approximate surface area is 126 Å². The van der Waals surface area contributed by atoms with Crippen LogP contribution in [0.5, 0.6) is 0 Å². The zero-order chi connectivity index (χ0) is 15.2. The number of anilines is 2. The zero-order valence-corrected chi connectivity index (χ0v) is 12.9. The van der Waals surface area contributed by atoms with Crippen LogP contribution in [-0.2, 0) is 11.2 Å². The van der Waals surface area contributed by atoms with Gasteiger partial charge in [0.1, 0.15) is 0 Å². The van der Waals surface area contributed by atoms with Crippen LogP contribution in [0.25, 0.3) is 0 Å². The summed E-state index contributed by atoms with van der Waals surface area (Å²) in [4.78, 5) is 12.1. The van der Waals surface area contributed by atoms with Crippen molar-refractivity contribution in [3.8, 4) is 0 Å². The summed E-state index contributed by atoms with van der Waals surface area (Å²) in [6.07, 6.45) is 0.904. The van der Waals surface area contributed by atoms with Crippen LogP contribution >= 0.6 is 0 Å². The topological polar surface area (TPSA) is 41.1 Å². The third-order valence-electron chi connectivity index (χ3n) is 3.35. The lowest BCUT2D eigenvalue weighted by molar-refractivity contribution is -0.114. The van der Waals surface area contributed by atoms with Crippen LogP contribution in [0.4, 0.5) is 11.4 Å². The lowest BCUT2D eigenvalue weighted by Crippen LogP contribution is -2.22. The molecular weight excluding hydrogens is 260 g/mol. The van der Waals surface area contributed by atoms with Gasteiger partial charge in [-0.05, 0) is 55.2 Å². The van der Waals surface area contributed by atoms with E-state index in [1.807, 2.05) is 36.4 Å². The summed E-state index contributed by atoms with van der Waals surface area (Å²) in [6, 6.07) is 14.1. The second-order valence-electron chi connectivity index (χ2n) is 5.29. The molecule has 0 aromatic heterocycles. The molecule has 0 saturated heterocycles. The molecule has 2 aromatic rings. The molecule has 0 aliphatic rings. The highest BCUT2D eigenvalue weighted by atomic mass is 16.1. The third-order valence-corrected chi connectivity index (χ3v) is 3.35. The van der Waals surface area contributed by atoms with Crippen molar-refractivity contribution in [3.05, 3.63) is 59.2 Å². The van der Waals surface area contributed by atoms with Crippen molar-refractivity contribution in [1.82, 2.24) is 0 Å². The molecule has 0 unspecified atom stereocenters. The Morgan fingerprint density at radius 3 is 2.38 bits per heavy atom. The van der Waals surface area contributed by atoms with Gasteiger partial charge in [0.2, 0.25) is 5.91 Å². The van der Waals surface area contributed by atoms with Gasteiger partial charge < -0.3 is 10.6 Å². The lowest BCUT2D eigenvalue weighted by Gasteiger charge is -2.11. The van der Waals surface area contributed by atoms with Gasteiger partial charge in [-0.1, -0.05) is 31.2 Å². The maximum Gasteiger partial charge on any atom is 0.243 e. The highest BCUT2D eigenvalue weighted by Gasteiger charge is 2.05. The van der Waals surface area contributed by atoms with E-state index in [2.05, 4.69) is 37.5 Å². The fourth-order valence-corrected chi connectivity index (χ4v) is 2.40. The summed E-state index contributed by atoms with van der Waals surface area (Å²) in [5.74, 6) is -0.0324. The summed E-state index contributed by atoms with van der Waals surface area (Å²) in [5, 5.41) is 6.13. The molecule has 0 saturated carbocycles. The van der Waals surface area contributed by atoms with Crippen LogP contribution in [0, 0.1) is 13.8 Å². The molecule has 0 fully saturated rings. The largest absolute Gasteiger partial charge is 0.376 e. The number of hydrogen-bond acceptors (Lipinski definition) is 2. The number of rotatable bonds is 5. The van der Waals surface area contributed by atoms with Gasteiger partial charge in [-0.25, -0.2) is 0 Å². The van der Waals surface area contributed by atoms with Crippen molar-refractivity contribution in [3.63, 3.8) is 0 Å². The van der Waals surface area contributed by atoms with Crippen LogP contribution < -0.4 is 10.6 Å². The Kier molecular flexibility index (Phi) is 4.99. The van der Waals surface area contributed by atoms with Crippen LogP contribution in [0.1, 0.15) is 23.6 Å². The van der Waals surface area contributed by atoms with E-state index in [0.29, 0.717) is 0 Å². The third kappa shape index (κ3) is 4.35. The van der Waals surface area contributed by atoms with E-state index < -0.39 is 0 Å². The van der Waals surface area contributed by atoms with E-state index in [1.54, 1.807) is 0 Å². The second-order valence-corrected chi connectivity index (χ2v) is 5.29. The predicted molar refractivity (Wildman–Crippen MR) is 88.9 cm³/mol. The van der Waals surface area contributed by atoms with Crippen LogP contribution in [-0.4, -0.2) is 12.5 Å². The molecule has 21 heavy (non-hydrogen) atoms. The van der Waals surface area contributed by atoms with Crippen molar-refractivity contribution in [2.75, 3.05) is 17.2 Å². The Bertz CT molecular complexity index is 615. The second kappa shape index (κ2) is 6.93. The minimum Gasteiger partial charge on any atom is -0.376 e. The van der Waals surface area contributed by atoms with E-state index in [1.165, 1.54) is 11.1 Å². The summed E-state index contributed by atoms with van der Waals surface area (Å²) >= 11 is 0. The number of carbonyl (C=O) groups excluding carboxylic acids is 1. The number of hydrogen-bond donors (Lipinski definition) is 2. The van der Waals surface area contributed by atoms with E-state index in [9.17, 15) is 4.79 Å². The van der Waals surface area contributed by atoms with E-state index in [-0.39, 0.29) is 12.5 Å². The molecule has 0 radical (unpaired) electrons. The molecule has 0 aliphatic carbocycles. The fraction of sp³-hybridized carbons (Fsp3) is 0.278. The highest BCUT2D eigenvalue weighted by Crippen LogP contribution is 2.16. The molecule has 0 heterocycles. The van der Waals surface area contributed by atoms with Gasteiger partial charge in [0.15, 0.2) is 0 Å². The first kappa shape index (κ1) is 15.1. The number of para-hydroxylation sites is 1. The number of aryl methyl sites for hydroxylation is 3. The van der Waals surface area contributed by atoms with E-state index in [0.717, 1.165) is 23.4 Å². The summed E-state index contributed by atoms with van der Waals surface area (Å²) < 4.78 is 0. The van der Waals surface area contributed by atoms with Crippen molar-refractivity contribution in [1.29, 1.82) is 0 Å². The van der Waals surface area contributed by atoms with Crippen LogP contribution in [0.2, 0.25) is 0 Å². The first-order valence-corrected chi connectivity index (χ1v) is 7.28. The van der Waals surface area contributed by atoms with Gasteiger partial charge in [-0.2, -0.15) is 0 Å². The van der Waals surface area contributed by atoms with Gasteiger partial charge in [0.25, 0.3) is 0 Å². The average Bonchev–Trinajstić information content (AvgIpc) is 2.45. The van der Waals surface area contributed by atoms with E-state index >= 15 is 0 Å². The Morgan fingerprint density at radius 2 is 1.71 bits per heavy atom. The normalized spacial score (nSPS) is 10.2. The van der Waals surface area contributed by atoms with Gasteiger partial charge >= 0.3 is 0 Å². The van der Waals surface area contributed by atoms with Gasteiger partial charge in [0.05, 0.1) is 6.54 Å². The quantitative estimate of drug-likeness (QED) is 0.872. The standard InChI is InChI=1S/C18H22N2O/c1-4-15-7-5-6-8-17(15)20-18(21)12-19-16-10-13(2)9-14(3)11-16/h5-11,19H,4,12H2,1-3H3,(H,20,21). The minimum atomic E-state index is -0.0324. The number of amides is 1. The average molecular weight is 282 g/mol. The molecule has 0 atom stereocenters. The fourth-order valence-electron chi connectivity index (χ4n) is 2.40. The minimum absolute atomic E-state index is 0.0324. The van der Waals surface area contributed by atoms with Crippen molar-refractivity contribution in [2.24, 2.45) is 0 Å². The number of carbonyl (C=O) groups is 1. The molecule has 1 amide bonds. The Balaban J connectivity index is 1.96. The van der Waals surface area contributed by atoms with Crippen molar-refractivity contribution >= 4 is 17.3 Å². The molecule has 0 spiro atoms. The summed E-state index contributed by atoms with van der Waals surface area (Å²) in [6.45, 7) is 6.45. The molecule has 2 rings (SSSR count). The first-order valence-electron chi connectivity index (χ1n) is 7.28. The molecular formula is C18H22N2O. The van der Waals surface area contributed by atoms with Crippen molar-refractivity contribution < 1.29 is 4.79 Å². The molecule has 110 valence electrons. The monoisotopic (exact) mass is 282 g/mol. The van der Waals surface area contributed by atoms with Gasteiger partial charge in [0, 0.05) is 11.4 Å². The predicted octanol–water partition coefficient (Wildman–Crippen LogP) is 3.92. The summed E-state index contributed by atoms with van der Waals surface area (Å²) in [7, 11) is 0. The first-order chi connectivity index (χ1) is 10.1. The maximum atomic E-state index is 12.1. The van der Waals surface area contributed by atoms with Gasteiger partial charge in [-0.15, -0.1) is 0 Å². The Hall–Kier alpha value is -2.29. The lowest BCUT2D eigenvalue weighted by atomic mass is 10.1. The summed E-state index contributed by atoms with van der Waals surface area (Å²) in [5.41, 5.74) is 5.40. The zero-order valence-electron chi connectivity index (χ0n) is 12.9.